The number of amides is 1. The van der Waals surface area contributed by atoms with Crippen LogP contribution in [0.5, 0.6) is 5.75 Å². The van der Waals surface area contributed by atoms with Crippen molar-refractivity contribution in [2.24, 2.45) is 0 Å². The summed E-state index contributed by atoms with van der Waals surface area (Å²) in [6.45, 7) is 3.70. The Morgan fingerprint density at radius 1 is 1.21 bits per heavy atom. The number of hydrogen-bond acceptors (Lipinski definition) is 6. The predicted octanol–water partition coefficient (Wildman–Crippen LogP) is 2.53. The first-order valence-corrected chi connectivity index (χ1v) is 9.04. The molecule has 0 saturated carbocycles. The van der Waals surface area contributed by atoms with Crippen LogP contribution in [0.2, 0.25) is 0 Å². The molecule has 2 heterocycles. The number of aromatic nitrogens is 2. The lowest BCUT2D eigenvalue weighted by Gasteiger charge is -2.11. The highest BCUT2D eigenvalue weighted by Crippen LogP contribution is 2.16. The van der Waals surface area contributed by atoms with E-state index in [4.69, 9.17) is 9.47 Å². The number of nitrogens with one attached hydrogen (secondary N) is 1. The van der Waals surface area contributed by atoms with E-state index in [1.807, 2.05) is 13.8 Å². The minimum Gasteiger partial charge on any atom is -0.497 e. The SMILES string of the molecule is CCn1cc(C(=O)OCC(=O)Nc2cccc(OC)c2)c(=O)c2ccc(C)nc21. The van der Waals surface area contributed by atoms with E-state index in [-0.39, 0.29) is 5.56 Å². The van der Waals surface area contributed by atoms with Gasteiger partial charge in [-0.05, 0) is 38.1 Å². The third kappa shape index (κ3) is 4.43. The van der Waals surface area contributed by atoms with Crippen LogP contribution in [0.4, 0.5) is 5.69 Å². The van der Waals surface area contributed by atoms with Gasteiger partial charge in [0, 0.05) is 30.2 Å². The largest absolute Gasteiger partial charge is 0.497 e. The third-order valence-corrected chi connectivity index (χ3v) is 4.31. The van der Waals surface area contributed by atoms with Gasteiger partial charge < -0.3 is 19.4 Å². The molecular formula is C21H21N3O5. The van der Waals surface area contributed by atoms with Crippen LogP contribution in [0, 0.1) is 6.92 Å². The van der Waals surface area contributed by atoms with Crippen LogP contribution >= 0.6 is 0 Å². The fourth-order valence-corrected chi connectivity index (χ4v) is 2.85. The lowest BCUT2D eigenvalue weighted by atomic mass is 10.2. The average Bonchev–Trinajstić information content (AvgIpc) is 2.72. The summed E-state index contributed by atoms with van der Waals surface area (Å²) >= 11 is 0. The molecule has 29 heavy (non-hydrogen) atoms. The fraction of sp³-hybridized carbons (Fsp3) is 0.238. The molecule has 0 atom stereocenters. The van der Waals surface area contributed by atoms with Crippen molar-refractivity contribution in [3.8, 4) is 5.75 Å². The van der Waals surface area contributed by atoms with Crippen LogP contribution in [0.15, 0.2) is 47.4 Å². The monoisotopic (exact) mass is 395 g/mol. The minimum absolute atomic E-state index is 0.140. The van der Waals surface area contributed by atoms with Gasteiger partial charge in [0.25, 0.3) is 5.91 Å². The summed E-state index contributed by atoms with van der Waals surface area (Å²) in [5.74, 6) is -0.805. The molecule has 1 amide bonds. The molecular weight excluding hydrogens is 374 g/mol. The summed E-state index contributed by atoms with van der Waals surface area (Å²) in [6.07, 6.45) is 1.42. The first-order chi connectivity index (χ1) is 13.9. The van der Waals surface area contributed by atoms with Gasteiger partial charge >= 0.3 is 5.97 Å². The van der Waals surface area contributed by atoms with Crippen molar-refractivity contribution >= 4 is 28.6 Å². The maximum absolute atomic E-state index is 12.7. The Morgan fingerprint density at radius 2 is 2.00 bits per heavy atom. The number of fused-ring (bicyclic) bond motifs is 1. The number of rotatable bonds is 6. The summed E-state index contributed by atoms with van der Waals surface area (Å²) in [6, 6.07) is 10.1. The fourth-order valence-electron chi connectivity index (χ4n) is 2.85. The smallest absolute Gasteiger partial charge is 0.344 e. The van der Waals surface area contributed by atoms with Gasteiger partial charge in [-0.15, -0.1) is 0 Å². The molecule has 3 aromatic rings. The van der Waals surface area contributed by atoms with E-state index in [1.54, 1.807) is 41.0 Å². The first kappa shape index (κ1) is 20.1. The normalized spacial score (nSPS) is 10.6. The maximum Gasteiger partial charge on any atom is 0.344 e. The van der Waals surface area contributed by atoms with E-state index >= 15 is 0 Å². The van der Waals surface area contributed by atoms with Gasteiger partial charge in [0.05, 0.1) is 12.5 Å². The van der Waals surface area contributed by atoms with Gasteiger partial charge in [-0.3, -0.25) is 9.59 Å². The number of hydrogen-bond donors (Lipinski definition) is 1. The lowest BCUT2D eigenvalue weighted by molar-refractivity contribution is -0.119. The Labute approximate surface area is 167 Å². The van der Waals surface area contributed by atoms with Crippen molar-refractivity contribution in [2.75, 3.05) is 19.0 Å². The number of pyridine rings is 2. The molecule has 0 fully saturated rings. The van der Waals surface area contributed by atoms with Crippen molar-refractivity contribution in [2.45, 2.75) is 20.4 Å². The van der Waals surface area contributed by atoms with Crippen LogP contribution < -0.4 is 15.5 Å². The Hall–Kier alpha value is -3.68. The van der Waals surface area contributed by atoms with Gasteiger partial charge in [-0.1, -0.05) is 6.07 Å². The molecule has 0 radical (unpaired) electrons. The van der Waals surface area contributed by atoms with E-state index < -0.39 is 23.9 Å². The second-order valence-electron chi connectivity index (χ2n) is 6.34. The van der Waals surface area contributed by atoms with Gasteiger partial charge in [0.2, 0.25) is 5.43 Å². The molecule has 3 rings (SSSR count). The van der Waals surface area contributed by atoms with Crippen LogP contribution in [0.25, 0.3) is 11.0 Å². The molecule has 150 valence electrons. The minimum atomic E-state index is -0.861. The molecule has 0 unspecified atom stereocenters. The third-order valence-electron chi connectivity index (χ3n) is 4.31. The molecule has 0 aliphatic heterocycles. The van der Waals surface area contributed by atoms with Crippen LogP contribution in [-0.2, 0) is 16.1 Å². The maximum atomic E-state index is 12.7. The predicted molar refractivity (Wildman–Crippen MR) is 108 cm³/mol. The molecule has 0 spiro atoms. The summed E-state index contributed by atoms with van der Waals surface area (Å²) in [5, 5.41) is 2.93. The van der Waals surface area contributed by atoms with E-state index in [9.17, 15) is 14.4 Å². The number of carbonyl (C=O) groups excluding carboxylic acids is 2. The molecule has 1 aromatic carbocycles. The van der Waals surface area contributed by atoms with Crippen molar-refractivity contribution in [3.63, 3.8) is 0 Å². The van der Waals surface area contributed by atoms with Crippen LogP contribution in [-0.4, -0.2) is 35.1 Å². The van der Waals surface area contributed by atoms with Crippen molar-refractivity contribution in [1.29, 1.82) is 0 Å². The Bertz CT molecular complexity index is 1140. The molecule has 1 N–H and O–H groups in total. The van der Waals surface area contributed by atoms with Crippen molar-refractivity contribution < 1.29 is 19.1 Å². The number of benzene rings is 1. The van der Waals surface area contributed by atoms with Gasteiger partial charge in [-0.2, -0.15) is 0 Å². The zero-order valence-corrected chi connectivity index (χ0v) is 16.4. The van der Waals surface area contributed by atoms with Crippen LogP contribution in [0.1, 0.15) is 23.0 Å². The summed E-state index contributed by atoms with van der Waals surface area (Å²) in [5.41, 5.74) is 1.16. The zero-order valence-electron chi connectivity index (χ0n) is 16.4. The highest BCUT2D eigenvalue weighted by Gasteiger charge is 2.18. The Morgan fingerprint density at radius 3 is 2.72 bits per heavy atom. The number of ether oxygens (including phenoxy) is 2. The highest BCUT2D eigenvalue weighted by atomic mass is 16.5. The molecule has 0 aliphatic carbocycles. The Kier molecular flexibility index (Phi) is 5.92. The number of aryl methyl sites for hydroxylation is 2. The molecule has 0 aliphatic rings. The molecule has 2 aromatic heterocycles. The van der Waals surface area contributed by atoms with Crippen molar-refractivity contribution in [1.82, 2.24) is 9.55 Å². The summed E-state index contributed by atoms with van der Waals surface area (Å²) in [7, 11) is 1.52. The molecule has 0 saturated heterocycles. The standard InChI is InChI=1S/C21H21N3O5/c1-4-24-11-17(19(26)16-9-8-13(2)22-20(16)24)21(27)29-12-18(25)23-14-6-5-7-15(10-14)28-3/h5-11H,4,12H2,1-3H3,(H,23,25). The molecule has 8 nitrogen and oxygen atoms in total. The van der Waals surface area contributed by atoms with Gasteiger partial charge in [-0.25, -0.2) is 9.78 Å². The average molecular weight is 395 g/mol. The molecule has 8 heteroatoms. The molecule has 0 bridgehead atoms. The van der Waals surface area contributed by atoms with E-state index in [0.717, 1.165) is 5.69 Å². The number of methoxy groups -OCH3 is 1. The summed E-state index contributed by atoms with van der Waals surface area (Å²) in [4.78, 5) is 41.6. The quantitative estimate of drug-likeness (QED) is 0.644. The Balaban J connectivity index is 1.76. The first-order valence-electron chi connectivity index (χ1n) is 9.04. The number of carbonyl (C=O) groups is 2. The van der Waals surface area contributed by atoms with Gasteiger partial charge in [0.1, 0.15) is 17.0 Å². The van der Waals surface area contributed by atoms with Crippen LogP contribution in [0.3, 0.4) is 0 Å². The second-order valence-corrected chi connectivity index (χ2v) is 6.34. The lowest BCUT2D eigenvalue weighted by Crippen LogP contribution is -2.25. The topological polar surface area (TPSA) is 99.5 Å². The zero-order chi connectivity index (χ0) is 21.0. The van der Waals surface area contributed by atoms with E-state index in [0.29, 0.717) is 29.0 Å². The van der Waals surface area contributed by atoms with Crippen molar-refractivity contribution in [3.05, 3.63) is 64.1 Å². The highest BCUT2D eigenvalue weighted by molar-refractivity contribution is 5.96. The second kappa shape index (κ2) is 8.55. The van der Waals surface area contributed by atoms with E-state index in [2.05, 4.69) is 10.3 Å². The summed E-state index contributed by atoms with van der Waals surface area (Å²) < 4.78 is 11.9. The van der Waals surface area contributed by atoms with E-state index in [1.165, 1.54) is 13.3 Å². The number of anilines is 1. The number of esters is 1. The van der Waals surface area contributed by atoms with Gasteiger partial charge in [0.15, 0.2) is 6.61 Å². The number of nitrogens with zero attached hydrogens (tertiary/aromatic N) is 2.